The highest BCUT2D eigenvalue weighted by atomic mass is 79.9. The van der Waals surface area contributed by atoms with Crippen molar-refractivity contribution in [3.8, 4) is 17.6 Å². The number of hydrogen-bond acceptors (Lipinski definition) is 4. The maximum atomic E-state index is 13.9. The molecule has 0 aliphatic heterocycles. The van der Waals surface area contributed by atoms with Gasteiger partial charge in [0.2, 0.25) is 0 Å². The van der Waals surface area contributed by atoms with Crippen molar-refractivity contribution < 1.29 is 18.7 Å². The lowest BCUT2D eigenvalue weighted by Gasteiger charge is -2.14. The summed E-state index contributed by atoms with van der Waals surface area (Å²) in [6.07, 6.45) is 1.45. The SMILES string of the molecule is CCOc1cc(/C=C(\C#N)C(=O)Nc2cccc(Cl)c2C)c(Br)cc1OCc1ccccc1F. The summed E-state index contributed by atoms with van der Waals surface area (Å²) < 4.78 is 26.0. The van der Waals surface area contributed by atoms with E-state index in [0.29, 0.717) is 50.0 Å². The summed E-state index contributed by atoms with van der Waals surface area (Å²) in [6, 6.07) is 16.7. The minimum atomic E-state index is -0.572. The summed E-state index contributed by atoms with van der Waals surface area (Å²) in [4.78, 5) is 12.7. The van der Waals surface area contributed by atoms with Crippen LogP contribution in [0.15, 0.2) is 64.6 Å². The van der Waals surface area contributed by atoms with Crippen molar-refractivity contribution >= 4 is 45.2 Å². The van der Waals surface area contributed by atoms with E-state index in [1.165, 1.54) is 12.1 Å². The highest BCUT2D eigenvalue weighted by Crippen LogP contribution is 2.35. The highest BCUT2D eigenvalue weighted by molar-refractivity contribution is 9.10. The van der Waals surface area contributed by atoms with Gasteiger partial charge in [-0.15, -0.1) is 0 Å². The Morgan fingerprint density at radius 3 is 2.62 bits per heavy atom. The van der Waals surface area contributed by atoms with Crippen LogP contribution in [0.5, 0.6) is 11.5 Å². The number of nitrogens with one attached hydrogen (secondary N) is 1. The average Bonchev–Trinajstić information content (AvgIpc) is 2.82. The number of amides is 1. The molecule has 0 radical (unpaired) electrons. The van der Waals surface area contributed by atoms with Gasteiger partial charge in [-0.1, -0.05) is 51.8 Å². The first kappa shape index (κ1) is 25.3. The normalized spacial score (nSPS) is 11.0. The van der Waals surface area contributed by atoms with E-state index >= 15 is 0 Å². The predicted molar refractivity (Wildman–Crippen MR) is 134 cm³/mol. The van der Waals surface area contributed by atoms with E-state index in [1.54, 1.807) is 55.5 Å². The van der Waals surface area contributed by atoms with Crippen LogP contribution in [0.2, 0.25) is 5.02 Å². The zero-order chi connectivity index (χ0) is 24.7. The molecule has 1 N–H and O–H groups in total. The minimum Gasteiger partial charge on any atom is -0.490 e. The largest absolute Gasteiger partial charge is 0.490 e. The standard InChI is InChI=1S/C26H21BrClFN2O3/c1-3-33-24-12-18(20(27)13-25(24)34-15-17-7-4-5-9-22(17)29)11-19(14-30)26(32)31-23-10-6-8-21(28)16(23)2/h4-13H,3,15H2,1-2H3,(H,31,32)/b19-11+. The first-order chi connectivity index (χ1) is 16.3. The molecule has 0 saturated carbocycles. The summed E-state index contributed by atoms with van der Waals surface area (Å²) in [6.45, 7) is 3.97. The Hall–Kier alpha value is -3.34. The zero-order valence-electron chi connectivity index (χ0n) is 18.5. The van der Waals surface area contributed by atoms with Crippen LogP contribution >= 0.6 is 27.5 Å². The van der Waals surface area contributed by atoms with Gasteiger partial charge in [-0.3, -0.25) is 4.79 Å². The van der Waals surface area contributed by atoms with Gasteiger partial charge < -0.3 is 14.8 Å². The quantitative estimate of drug-likeness (QED) is 0.244. The van der Waals surface area contributed by atoms with Crippen molar-refractivity contribution in [1.82, 2.24) is 0 Å². The molecule has 0 aromatic heterocycles. The fourth-order valence-electron chi connectivity index (χ4n) is 3.05. The monoisotopic (exact) mass is 542 g/mol. The highest BCUT2D eigenvalue weighted by Gasteiger charge is 2.16. The molecular weight excluding hydrogens is 523 g/mol. The number of rotatable bonds is 8. The van der Waals surface area contributed by atoms with Crippen LogP contribution in [0.4, 0.5) is 10.1 Å². The fourth-order valence-corrected chi connectivity index (χ4v) is 3.66. The predicted octanol–water partition coefficient (Wildman–Crippen LogP) is 7.07. The van der Waals surface area contributed by atoms with Crippen LogP contribution in [0.1, 0.15) is 23.6 Å². The van der Waals surface area contributed by atoms with Crippen LogP contribution in [-0.4, -0.2) is 12.5 Å². The maximum Gasteiger partial charge on any atom is 0.266 e. The summed E-state index contributed by atoms with van der Waals surface area (Å²) >= 11 is 9.57. The number of nitrogens with zero attached hydrogens (tertiary/aromatic N) is 1. The van der Waals surface area contributed by atoms with Crippen LogP contribution in [0.25, 0.3) is 6.08 Å². The Morgan fingerprint density at radius 2 is 1.91 bits per heavy atom. The average molecular weight is 544 g/mol. The van der Waals surface area contributed by atoms with Gasteiger partial charge in [0.1, 0.15) is 24.1 Å². The lowest BCUT2D eigenvalue weighted by Crippen LogP contribution is -2.14. The molecule has 0 bridgehead atoms. The Kier molecular flexibility index (Phi) is 8.69. The molecule has 0 unspecified atom stereocenters. The number of anilines is 1. The molecule has 0 aliphatic rings. The Labute approximate surface area is 210 Å². The molecular formula is C26H21BrClFN2O3. The van der Waals surface area contributed by atoms with E-state index in [-0.39, 0.29) is 18.0 Å². The molecule has 0 aliphatic carbocycles. The second-order valence-corrected chi connectivity index (χ2v) is 8.43. The lowest BCUT2D eigenvalue weighted by atomic mass is 10.1. The second-order valence-electron chi connectivity index (χ2n) is 7.17. The van der Waals surface area contributed by atoms with Crippen LogP contribution in [-0.2, 0) is 11.4 Å². The van der Waals surface area contributed by atoms with Gasteiger partial charge in [-0.2, -0.15) is 5.26 Å². The summed E-state index contributed by atoms with van der Waals surface area (Å²) in [5, 5.41) is 12.8. The maximum absolute atomic E-state index is 13.9. The van der Waals surface area contributed by atoms with E-state index in [9.17, 15) is 14.4 Å². The van der Waals surface area contributed by atoms with Crippen LogP contribution in [0.3, 0.4) is 0 Å². The number of ether oxygens (including phenoxy) is 2. The van der Waals surface area contributed by atoms with Crippen LogP contribution in [0, 0.1) is 24.1 Å². The van der Waals surface area contributed by atoms with Gasteiger partial charge in [0.05, 0.1) is 6.61 Å². The van der Waals surface area contributed by atoms with Crippen molar-refractivity contribution in [3.05, 3.63) is 92.2 Å². The summed E-state index contributed by atoms with van der Waals surface area (Å²) in [7, 11) is 0. The van der Waals surface area contributed by atoms with Crippen molar-refractivity contribution in [3.63, 3.8) is 0 Å². The van der Waals surface area contributed by atoms with Gasteiger partial charge >= 0.3 is 0 Å². The van der Waals surface area contributed by atoms with Crippen molar-refractivity contribution in [2.75, 3.05) is 11.9 Å². The Bertz CT molecular complexity index is 1290. The summed E-state index contributed by atoms with van der Waals surface area (Å²) in [5.74, 6) is -0.139. The molecule has 0 heterocycles. The Balaban J connectivity index is 1.88. The molecule has 3 aromatic rings. The first-order valence-electron chi connectivity index (χ1n) is 10.3. The summed E-state index contributed by atoms with van der Waals surface area (Å²) in [5.41, 5.74) is 2.05. The van der Waals surface area contributed by atoms with E-state index in [2.05, 4.69) is 21.2 Å². The molecule has 0 atom stereocenters. The molecule has 5 nitrogen and oxygen atoms in total. The first-order valence-corrected chi connectivity index (χ1v) is 11.5. The Morgan fingerprint density at radius 1 is 1.18 bits per heavy atom. The van der Waals surface area contributed by atoms with Gasteiger partial charge in [-0.05, 0) is 61.4 Å². The van der Waals surface area contributed by atoms with Gasteiger partial charge in [0, 0.05) is 20.7 Å². The number of benzene rings is 3. The van der Waals surface area contributed by atoms with Crippen molar-refractivity contribution in [1.29, 1.82) is 5.26 Å². The molecule has 3 aromatic carbocycles. The molecule has 34 heavy (non-hydrogen) atoms. The minimum absolute atomic E-state index is 0.0131. The second kappa shape index (κ2) is 11.7. The number of carbonyl (C=O) groups excluding carboxylic acids is 1. The van der Waals surface area contributed by atoms with Gasteiger partial charge in [-0.25, -0.2) is 4.39 Å². The number of carbonyl (C=O) groups is 1. The molecule has 0 fully saturated rings. The van der Waals surface area contributed by atoms with Crippen molar-refractivity contribution in [2.45, 2.75) is 20.5 Å². The number of hydrogen-bond donors (Lipinski definition) is 1. The van der Waals surface area contributed by atoms with Crippen molar-refractivity contribution in [2.24, 2.45) is 0 Å². The molecule has 0 spiro atoms. The van der Waals surface area contributed by atoms with Crippen LogP contribution < -0.4 is 14.8 Å². The fraction of sp³-hybridized carbons (Fsp3) is 0.154. The third-order valence-corrected chi connectivity index (χ3v) is 5.98. The smallest absolute Gasteiger partial charge is 0.266 e. The third kappa shape index (κ3) is 6.16. The molecule has 0 saturated heterocycles. The van der Waals surface area contributed by atoms with E-state index < -0.39 is 5.91 Å². The molecule has 3 rings (SSSR count). The lowest BCUT2D eigenvalue weighted by molar-refractivity contribution is -0.112. The molecule has 1 amide bonds. The van der Waals surface area contributed by atoms with Gasteiger partial charge in [0.15, 0.2) is 11.5 Å². The van der Waals surface area contributed by atoms with E-state index in [1.807, 2.05) is 13.0 Å². The number of nitriles is 1. The molecule has 174 valence electrons. The van der Waals surface area contributed by atoms with E-state index in [4.69, 9.17) is 21.1 Å². The number of halogens is 3. The van der Waals surface area contributed by atoms with E-state index in [0.717, 1.165) is 0 Å². The molecule has 8 heteroatoms. The zero-order valence-corrected chi connectivity index (χ0v) is 20.8. The van der Waals surface area contributed by atoms with Gasteiger partial charge in [0.25, 0.3) is 5.91 Å². The third-order valence-electron chi connectivity index (χ3n) is 4.88. The topological polar surface area (TPSA) is 71.3 Å².